The maximum atomic E-state index is 12.6. The first-order valence-corrected chi connectivity index (χ1v) is 10.2. The Kier molecular flexibility index (Phi) is 5.84. The van der Waals surface area contributed by atoms with Crippen molar-refractivity contribution in [1.82, 2.24) is 15.5 Å². The smallest absolute Gasteiger partial charge is 0.225 e. The number of piperidine rings is 1. The fourth-order valence-corrected chi connectivity index (χ4v) is 3.70. The Bertz CT molecular complexity index is 939. The zero-order chi connectivity index (χ0) is 20.1. The molecule has 3 aromatic rings. The van der Waals surface area contributed by atoms with Gasteiger partial charge in [0.25, 0.3) is 0 Å². The molecule has 1 aliphatic rings. The van der Waals surface area contributed by atoms with E-state index in [0.717, 1.165) is 42.0 Å². The van der Waals surface area contributed by atoms with Crippen molar-refractivity contribution in [3.63, 3.8) is 0 Å². The number of aromatic nitrogens is 2. The SMILES string of the molecule is Cc1ccc(-c2ccc(N3CCCC(C(=O)NCc4ccccc4)C3)nn2)cc1. The van der Waals surface area contributed by atoms with Crippen LogP contribution in [-0.4, -0.2) is 29.2 Å². The van der Waals surface area contributed by atoms with Gasteiger partial charge in [0.1, 0.15) is 0 Å². The molecule has 1 fully saturated rings. The standard InChI is InChI=1S/C24H26N4O/c1-18-9-11-20(12-10-18)22-13-14-23(27-26-22)28-15-5-8-21(17-28)24(29)25-16-19-6-3-2-4-7-19/h2-4,6-7,9-14,21H,5,8,15-17H2,1H3,(H,25,29). The van der Waals surface area contributed by atoms with Crippen LogP contribution in [0.15, 0.2) is 66.7 Å². The molecule has 0 saturated carbocycles. The number of nitrogens with one attached hydrogen (secondary N) is 1. The molecule has 1 atom stereocenters. The van der Waals surface area contributed by atoms with Gasteiger partial charge in [0, 0.05) is 25.2 Å². The van der Waals surface area contributed by atoms with Gasteiger partial charge in [-0.25, -0.2) is 0 Å². The van der Waals surface area contributed by atoms with E-state index in [2.05, 4.69) is 51.6 Å². The second-order valence-electron chi connectivity index (χ2n) is 7.63. The van der Waals surface area contributed by atoms with E-state index < -0.39 is 0 Å². The molecule has 2 aromatic carbocycles. The van der Waals surface area contributed by atoms with Gasteiger partial charge in [-0.15, -0.1) is 10.2 Å². The fraction of sp³-hybridized carbons (Fsp3) is 0.292. The van der Waals surface area contributed by atoms with Crippen LogP contribution in [0.4, 0.5) is 5.82 Å². The van der Waals surface area contributed by atoms with Crippen LogP contribution in [0.1, 0.15) is 24.0 Å². The van der Waals surface area contributed by atoms with E-state index >= 15 is 0 Å². The van der Waals surface area contributed by atoms with Crippen molar-refractivity contribution in [2.45, 2.75) is 26.3 Å². The number of anilines is 1. The highest BCUT2D eigenvalue weighted by molar-refractivity contribution is 5.79. The normalized spacial score (nSPS) is 16.4. The van der Waals surface area contributed by atoms with Gasteiger partial charge in [0.05, 0.1) is 11.6 Å². The van der Waals surface area contributed by atoms with Crippen LogP contribution in [0, 0.1) is 12.8 Å². The van der Waals surface area contributed by atoms with Crippen molar-refractivity contribution in [1.29, 1.82) is 0 Å². The zero-order valence-electron chi connectivity index (χ0n) is 16.7. The van der Waals surface area contributed by atoms with E-state index in [1.165, 1.54) is 5.56 Å². The molecule has 1 aromatic heterocycles. The lowest BCUT2D eigenvalue weighted by Crippen LogP contribution is -2.43. The predicted octanol–water partition coefficient (Wildman–Crippen LogP) is 3.98. The molecule has 0 radical (unpaired) electrons. The summed E-state index contributed by atoms with van der Waals surface area (Å²) in [5, 5.41) is 11.9. The largest absolute Gasteiger partial charge is 0.354 e. The second kappa shape index (κ2) is 8.86. The Balaban J connectivity index is 1.37. The third kappa shape index (κ3) is 4.80. The van der Waals surface area contributed by atoms with Crippen molar-refractivity contribution in [3.8, 4) is 11.3 Å². The number of carbonyl (C=O) groups excluding carboxylic acids is 1. The van der Waals surface area contributed by atoms with Crippen LogP contribution in [0.2, 0.25) is 0 Å². The maximum absolute atomic E-state index is 12.6. The first kappa shape index (κ1) is 19.1. The zero-order valence-corrected chi connectivity index (χ0v) is 16.7. The summed E-state index contributed by atoms with van der Waals surface area (Å²) in [4.78, 5) is 14.8. The summed E-state index contributed by atoms with van der Waals surface area (Å²) in [6.07, 6.45) is 1.89. The van der Waals surface area contributed by atoms with Gasteiger partial charge < -0.3 is 10.2 Å². The topological polar surface area (TPSA) is 58.1 Å². The van der Waals surface area contributed by atoms with E-state index in [4.69, 9.17) is 0 Å². The van der Waals surface area contributed by atoms with Gasteiger partial charge >= 0.3 is 0 Å². The van der Waals surface area contributed by atoms with Crippen molar-refractivity contribution in [2.75, 3.05) is 18.0 Å². The number of nitrogens with zero attached hydrogens (tertiary/aromatic N) is 3. The van der Waals surface area contributed by atoms with Crippen LogP contribution >= 0.6 is 0 Å². The summed E-state index contributed by atoms with van der Waals surface area (Å²) in [5.41, 5.74) is 4.27. The van der Waals surface area contributed by atoms with Gasteiger partial charge in [0.15, 0.2) is 5.82 Å². The summed E-state index contributed by atoms with van der Waals surface area (Å²) in [7, 11) is 0. The van der Waals surface area contributed by atoms with Crippen molar-refractivity contribution >= 4 is 11.7 Å². The highest BCUT2D eigenvalue weighted by atomic mass is 16.1. The molecule has 1 unspecified atom stereocenters. The van der Waals surface area contributed by atoms with E-state index in [0.29, 0.717) is 13.1 Å². The molecule has 0 aliphatic carbocycles. The van der Waals surface area contributed by atoms with Crippen molar-refractivity contribution in [3.05, 3.63) is 77.9 Å². The first-order valence-electron chi connectivity index (χ1n) is 10.2. The van der Waals surface area contributed by atoms with E-state index in [1.54, 1.807) is 0 Å². The highest BCUT2D eigenvalue weighted by Gasteiger charge is 2.26. The van der Waals surface area contributed by atoms with Gasteiger partial charge in [-0.3, -0.25) is 4.79 Å². The minimum Gasteiger partial charge on any atom is -0.354 e. The van der Waals surface area contributed by atoms with E-state index in [-0.39, 0.29) is 11.8 Å². The second-order valence-corrected chi connectivity index (χ2v) is 7.63. The highest BCUT2D eigenvalue weighted by Crippen LogP contribution is 2.23. The molecule has 0 bridgehead atoms. The monoisotopic (exact) mass is 386 g/mol. The van der Waals surface area contributed by atoms with Gasteiger partial charge in [-0.05, 0) is 37.5 Å². The molecule has 5 heteroatoms. The third-order valence-electron chi connectivity index (χ3n) is 5.42. The lowest BCUT2D eigenvalue weighted by Gasteiger charge is -2.32. The Hall–Kier alpha value is -3.21. The molecule has 1 N–H and O–H groups in total. The van der Waals surface area contributed by atoms with Gasteiger partial charge in [-0.1, -0.05) is 60.2 Å². The lowest BCUT2D eigenvalue weighted by atomic mass is 9.97. The van der Waals surface area contributed by atoms with Gasteiger partial charge in [0.2, 0.25) is 5.91 Å². The predicted molar refractivity (Wildman–Crippen MR) is 115 cm³/mol. The summed E-state index contributed by atoms with van der Waals surface area (Å²) < 4.78 is 0. The van der Waals surface area contributed by atoms with Crippen LogP contribution in [0.5, 0.6) is 0 Å². The van der Waals surface area contributed by atoms with Crippen LogP contribution in [0.3, 0.4) is 0 Å². The average Bonchev–Trinajstić information content (AvgIpc) is 2.79. The Morgan fingerprint density at radius 2 is 1.83 bits per heavy atom. The molecular formula is C24H26N4O. The summed E-state index contributed by atoms with van der Waals surface area (Å²) >= 11 is 0. The Morgan fingerprint density at radius 1 is 1.03 bits per heavy atom. The molecule has 2 heterocycles. The summed E-state index contributed by atoms with van der Waals surface area (Å²) in [6.45, 7) is 4.22. The van der Waals surface area contributed by atoms with Crippen molar-refractivity contribution in [2.24, 2.45) is 5.92 Å². The number of hydrogen-bond donors (Lipinski definition) is 1. The molecule has 1 amide bonds. The molecule has 29 heavy (non-hydrogen) atoms. The lowest BCUT2D eigenvalue weighted by molar-refractivity contribution is -0.125. The number of hydrogen-bond acceptors (Lipinski definition) is 4. The summed E-state index contributed by atoms with van der Waals surface area (Å²) in [6, 6.07) is 22.3. The molecule has 5 nitrogen and oxygen atoms in total. The van der Waals surface area contributed by atoms with Crippen LogP contribution in [0.25, 0.3) is 11.3 Å². The number of carbonyl (C=O) groups is 1. The average molecular weight is 386 g/mol. The first-order chi connectivity index (χ1) is 14.2. The van der Waals surface area contributed by atoms with E-state index in [1.807, 2.05) is 42.5 Å². The maximum Gasteiger partial charge on any atom is 0.225 e. The number of benzene rings is 2. The third-order valence-corrected chi connectivity index (χ3v) is 5.42. The van der Waals surface area contributed by atoms with Crippen LogP contribution in [-0.2, 0) is 11.3 Å². The molecule has 148 valence electrons. The van der Waals surface area contributed by atoms with Gasteiger partial charge in [-0.2, -0.15) is 0 Å². The van der Waals surface area contributed by atoms with E-state index in [9.17, 15) is 4.79 Å². The Morgan fingerprint density at radius 3 is 2.55 bits per heavy atom. The Labute approximate surface area is 171 Å². The number of aryl methyl sites for hydroxylation is 1. The molecule has 1 saturated heterocycles. The molecular weight excluding hydrogens is 360 g/mol. The molecule has 1 aliphatic heterocycles. The van der Waals surface area contributed by atoms with Crippen LogP contribution < -0.4 is 10.2 Å². The minimum absolute atomic E-state index is 0.0222. The fourth-order valence-electron chi connectivity index (χ4n) is 3.70. The minimum atomic E-state index is -0.0222. The molecule has 4 rings (SSSR count). The summed E-state index contributed by atoms with van der Waals surface area (Å²) in [5.74, 6) is 0.926. The van der Waals surface area contributed by atoms with Crippen molar-refractivity contribution < 1.29 is 4.79 Å². The number of rotatable bonds is 5. The quantitative estimate of drug-likeness (QED) is 0.720. The molecule has 0 spiro atoms. The number of amides is 1.